The van der Waals surface area contributed by atoms with Crippen LogP contribution >= 0.6 is 11.3 Å². The molecular weight excluding hydrogens is 262 g/mol. The molecule has 6 heteroatoms. The zero-order valence-corrected chi connectivity index (χ0v) is 11.6. The van der Waals surface area contributed by atoms with E-state index in [2.05, 4.69) is 16.0 Å². The van der Waals surface area contributed by atoms with Gasteiger partial charge in [-0.05, 0) is 43.3 Å². The molecule has 5 nitrogen and oxygen atoms in total. The number of amides is 2. The van der Waals surface area contributed by atoms with Gasteiger partial charge in [0.2, 0.25) is 5.91 Å². The van der Waals surface area contributed by atoms with E-state index in [1.54, 1.807) is 6.07 Å². The van der Waals surface area contributed by atoms with Crippen LogP contribution < -0.4 is 16.0 Å². The zero-order chi connectivity index (χ0) is 13.5. The summed E-state index contributed by atoms with van der Waals surface area (Å²) in [5.41, 5.74) is 0. The summed E-state index contributed by atoms with van der Waals surface area (Å²) in [6.45, 7) is 2.85. The SMILES string of the molecule is O=C(CNC(=O)c1cccs1)NCCC1CCNC1. The van der Waals surface area contributed by atoms with Crippen molar-refractivity contribution >= 4 is 23.2 Å². The summed E-state index contributed by atoms with van der Waals surface area (Å²) in [6.07, 6.45) is 2.18. The van der Waals surface area contributed by atoms with Crippen molar-refractivity contribution in [3.63, 3.8) is 0 Å². The molecule has 1 saturated heterocycles. The molecule has 0 spiro atoms. The molecule has 2 rings (SSSR count). The highest BCUT2D eigenvalue weighted by Crippen LogP contribution is 2.10. The lowest BCUT2D eigenvalue weighted by atomic mass is 10.1. The summed E-state index contributed by atoms with van der Waals surface area (Å²) in [5, 5.41) is 10.6. The molecule has 1 fully saturated rings. The second-order valence-corrected chi connectivity index (χ2v) is 5.61. The second kappa shape index (κ2) is 7.25. The molecule has 1 atom stereocenters. The smallest absolute Gasteiger partial charge is 0.261 e. The van der Waals surface area contributed by atoms with Gasteiger partial charge in [0.15, 0.2) is 0 Å². The van der Waals surface area contributed by atoms with Crippen LogP contribution in [0.15, 0.2) is 17.5 Å². The third-order valence-electron chi connectivity index (χ3n) is 3.19. The van der Waals surface area contributed by atoms with Gasteiger partial charge in [0, 0.05) is 6.54 Å². The summed E-state index contributed by atoms with van der Waals surface area (Å²) in [6, 6.07) is 3.56. The van der Waals surface area contributed by atoms with Crippen molar-refractivity contribution in [2.75, 3.05) is 26.2 Å². The lowest BCUT2D eigenvalue weighted by Crippen LogP contribution is -2.37. The summed E-state index contributed by atoms with van der Waals surface area (Å²) in [5.74, 6) is 0.349. The van der Waals surface area contributed by atoms with Gasteiger partial charge in [0.25, 0.3) is 5.91 Å². The molecule has 1 aromatic rings. The summed E-state index contributed by atoms with van der Waals surface area (Å²) >= 11 is 1.37. The molecule has 0 bridgehead atoms. The quantitative estimate of drug-likeness (QED) is 0.715. The molecule has 1 aromatic heterocycles. The Bertz CT molecular complexity index is 414. The van der Waals surface area contributed by atoms with Crippen LogP contribution in [0.25, 0.3) is 0 Å². The van der Waals surface area contributed by atoms with E-state index in [4.69, 9.17) is 0 Å². The summed E-state index contributed by atoms with van der Waals surface area (Å²) in [7, 11) is 0. The highest BCUT2D eigenvalue weighted by atomic mass is 32.1. The van der Waals surface area contributed by atoms with Crippen LogP contribution in [0.4, 0.5) is 0 Å². The van der Waals surface area contributed by atoms with E-state index in [1.165, 1.54) is 17.8 Å². The molecule has 1 aliphatic rings. The van der Waals surface area contributed by atoms with Crippen LogP contribution in [0.5, 0.6) is 0 Å². The highest BCUT2D eigenvalue weighted by Gasteiger charge is 2.14. The monoisotopic (exact) mass is 281 g/mol. The van der Waals surface area contributed by atoms with Crippen molar-refractivity contribution < 1.29 is 9.59 Å². The van der Waals surface area contributed by atoms with Gasteiger partial charge < -0.3 is 16.0 Å². The zero-order valence-electron chi connectivity index (χ0n) is 10.8. The summed E-state index contributed by atoms with van der Waals surface area (Å²) < 4.78 is 0. The number of hydrogen-bond donors (Lipinski definition) is 3. The number of hydrogen-bond acceptors (Lipinski definition) is 4. The van der Waals surface area contributed by atoms with E-state index in [9.17, 15) is 9.59 Å². The minimum absolute atomic E-state index is 0.0413. The Balaban J connectivity index is 1.58. The van der Waals surface area contributed by atoms with Gasteiger partial charge in [-0.25, -0.2) is 0 Å². The van der Waals surface area contributed by atoms with Gasteiger partial charge in [0.05, 0.1) is 11.4 Å². The minimum Gasteiger partial charge on any atom is -0.355 e. The van der Waals surface area contributed by atoms with Crippen molar-refractivity contribution in [3.8, 4) is 0 Å². The topological polar surface area (TPSA) is 70.2 Å². The first kappa shape index (κ1) is 14.0. The van der Waals surface area contributed by atoms with E-state index in [0.29, 0.717) is 17.3 Å². The summed E-state index contributed by atoms with van der Waals surface area (Å²) in [4.78, 5) is 23.8. The van der Waals surface area contributed by atoms with Crippen LogP contribution in [0.1, 0.15) is 22.5 Å². The molecule has 2 amide bonds. The molecule has 0 aromatic carbocycles. The van der Waals surface area contributed by atoms with Gasteiger partial charge >= 0.3 is 0 Å². The molecule has 19 heavy (non-hydrogen) atoms. The molecule has 1 unspecified atom stereocenters. The maximum Gasteiger partial charge on any atom is 0.261 e. The predicted octanol–water partition coefficient (Wildman–Crippen LogP) is 0.594. The van der Waals surface area contributed by atoms with Crippen LogP contribution in [0, 0.1) is 5.92 Å². The fourth-order valence-electron chi connectivity index (χ4n) is 2.09. The largest absolute Gasteiger partial charge is 0.355 e. The Kier molecular flexibility index (Phi) is 5.35. The molecule has 0 aliphatic carbocycles. The number of carbonyl (C=O) groups excluding carboxylic acids is 2. The third kappa shape index (κ3) is 4.65. The van der Waals surface area contributed by atoms with Crippen molar-refractivity contribution in [2.24, 2.45) is 5.92 Å². The molecule has 1 aliphatic heterocycles. The highest BCUT2D eigenvalue weighted by molar-refractivity contribution is 7.12. The third-order valence-corrected chi connectivity index (χ3v) is 4.06. The van der Waals surface area contributed by atoms with E-state index in [1.807, 2.05) is 11.4 Å². The number of nitrogens with one attached hydrogen (secondary N) is 3. The van der Waals surface area contributed by atoms with Crippen LogP contribution in [-0.4, -0.2) is 38.0 Å². The Labute approximate surface area is 116 Å². The lowest BCUT2D eigenvalue weighted by molar-refractivity contribution is -0.120. The van der Waals surface area contributed by atoms with Crippen LogP contribution in [0.3, 0.4) is 0 Å². The normalized spacial score (nSPS) is 18.2. The Morgan fingerprint density at radius 3 is 3.00 bits per heavy atom. The second-order valence-electron chi connectivity index (χ2n) is 4.66. The first-order valence-corrected chi connectivity index (χ1v) is 7.43. The Morgan fingerprint density at radius 2 is 2.32 bits per heavy atom. The maximum atomic E-state index is 11.6. The lowest BCUT2D eigenvalue weighted by Gasteiger charge is -2.09. The van der Waals surface area contributed by atoms with Gasteiger partial charge in [-0.1, -0.05) is 6.07 Å². The van der Waals surface area contributed by atoms with Gasteiger partial charge in [-0.2, -0.15) is 0 Å². The Hall–Kier alpha value is -1.40. The van der Waals surface area contributed by atoms with E-state index >= 15 is 0 Å². The standard InChI is InChI=1S/C13H19N3O2S/c17-12(15-6-4-10-3-5-14-8-10)9-16-13(18)11-2-1-7-19-11/h1-2,7,10,14H,3-6,8-9H2,(H,15,17)(H,16,18). The maximum absolute atomic E-state index is 11.6. The van der Waals surface area contributed by atoms with E-state index in [-0.39, 0.29) is 18.4 Å². The molecule has 2 heterocycles. The average Bonchev–Trinajstić information content (AvgIpc) is 3.08. The molecule has 104 valence electrons. The molecular formula is C13H19N3O2S. The van der Waals surface area contributed by atoms with Crippen molar-refractivity contribution in [2.45, 2.75) is 12.8 Å². The van der Waals surface area contributed by atoms with Crippen LogP contribution in [-0.2, 0) is 4.79 Å². The van der Waals surface area contributed by atoms with Gasteiger partial charge in [-0.3, -0.25) is 9.59 Å². The van der Waals surface area contributed by atoms with E-state index < -0.39 is 0 Å². The minimum atomic E-state index is -0.190. The van der Waals surface area contributed by atoms with Gasteiger partial charge in [0.1, 0.15) is 0 Å². The van der Waals surface area contributed by atoms with E-state index in [0.717, 1.165) is 19.5 Å². The number of carbonyl (C=O) groups is 2. The van der Waals surface area contributed by atoms with Crippen LogP contribution in [0.2, 0.25) is 0 Å². The van der Waals surface area contributed by atoms with Crippen molar-refractivity contribution in [1.82, 2.24) is 16.0 Å². The molecule has 0 radical (unpaired) electrons. The molecule has 0 saturated carbocycles. The molecule has 3 N–H and O–H groups in total. The first-order chi connectivity index (χ1) is 9.25. The number of rotatable bonds is 6. The van der Waals surface area contributed by atoms with Gasteiger partial charge in [-0.15, -0.1) is 11.3 Å². The average molecular weight is 281 g/mol. The predicted molar refractivity (Wildman–Crippen MR) is 75.3 cm³/mol. The van der Waals surface area contributed by atoms with Crippen molar-refractivity contribution in [3.05, 3.63) is 22.4 Å². The fraction of sp³-hybridized carbons (Fsp3) is 0.538. The Morgan fingerprint density at radius 1 is 1.42 bits per heavy atom. The van der Waals surface area contributed by atoms with Crippen molar-refractivity contribution in [1.29, 1.82) is 0 Å². The fourth-order valence-corrected chi connectivity index (χ4v) is 2.73. The first-order valence-electron chi connectivity index (χ1n) is 6.55. The number of thiophene rings is 1.